The lowest BCUT2D eigenvalue weighted by molar-refractivity contribution is -0.0498. The van der Waals surface area contributed by atoms with Crippen LogP contribution in [0.15, 0.2) is 0 Å². The van der Waals surface area contributed by atoms with E-state index in [1.54, 1.807) is 0 Å². The summed E-state index contributed by atoms with van der Waals surface area (Å²) in [5, 5.41) is 0. The third-order valence-electron chi connectivity index (χ3n) is 4.30. The highest BCUT2D eigenvalue weighted by molar-refractivity contribution is 4.96. The highest BCUT2D eigenvalue weighted by atomic mass is 16.5. The quantitative estimate of drug-likeness (QED) is 0.768. The van der Waals surface area contributed by atoms with Gasteiger partial charge in [0.25, 0.3) is 0 Å². The molecule has 1 unspecified atom stereocenters. The van der Waals surface area contributed by atoms with Gasteiger partial charge in [-0.3, -0.25) is 4.90 Å². The van der Waals surface area contributed by atoms with Crippen molar-refractivity contribution in [2.24, 2.45) is 5.73 Å². The van der Waals surface area contributed by atoms with E-state index in [1.807, 2.05) is 0 Å². The van der Waals surface area contributed by atoms with Crippen LogP contribution in [-0.2, 0) is 4.74 Å². The van der Waals surface area contributed by atoms with Gasteiger partial charge in [-0.2, -0.15) is 0 Å². The third-order valence-corrected chi connectivity index (χ3v) is 4.30. The first-order chi connectivity index (χ1) is 7.28. The molecule has 3 heteroatoms. The minimum atomic E-state index is 0.132. The van der Waals surface area contributed by atoms with E-state index in [9.17, 15) is 0 Å². The highest BCUT2D eigenvalue weighted by Gasteiger charge is 2.39. The van der Waals surface area contributed by atoms with Crippen molar-refractivity contribution < 1.29 is 4.74 Å². The largest absolute Gasteiger partial charge is 0.379 e. The van der Waals surface area contributed by atoms with Gasteiger partial charge in [-0.1, -0.05) is 12.8 Å². The average molecular weight is 212 g/mol. The van der Waals surface area contributed by atoms with Crippen molar-refractivity contribution >= 4 is 0 Å². The standard InChI is InChI=1S/C12H24N2O/c1-14(11-5-2-3-6-11)12(9-13)7-4-8-15-10-12/h11H,2-10,13H2,1H3. The maximum atomic E-state index is 5.99. The second kappa shape index (κ2) is 4.81. The van der Waals surface area contributed by atoms with Crippen LogP contribution in [0.1, 0.15) is 38.5 Å². The van der Waals surface area contributed by atoms with Crippen LogP contribution in [0.4, 0.5) is 0 Å². The Morgan fingerprint density at radius 2 is 2.07 bits per heavy atom. The first-order valence-corrected chi connectivity index (χ1v) is 6.29. The molecule has 2 fully saturated rings. The fourth-order valence-corrected chi connectivity index (χ4v) is 3.10. The van der Waals surface area contributed by atoms with E-state index in [0.29, 0.717) is 0 Å². The molecule has 88 valence electrons. The molecule has 2 rings (SSSR count). The van der Waals surface area contributed by atoms with Gasteiger partial charge >= 0.3 is 0 Å². The Bertz CT molecular complexity index is 196. The number of rotatable bonds is 3. The molecule has 0 amide bonds. The van der Waals surface area contributed by atoms with Gasteiger partial charge in [-0.05, 0) is 32.7 Å². The summed E-state index contributed by atoms with van der Waals surface area (Å²) in [6.45, 7) is 2.48. The molecule has 3 nitrogen and oxygen atoms in total. The van der Waals surface area contributed by atoms with E-state index < -0.39 is 0 Å². The fraction of sp³-hybridized carbons (Fsp3) is 1.00. The van der Waals surface area contributed by atoms with Crippen LogP contribution in [0.25, 0.3) is 0 Å². The zero-order valence-corrected chi connectivity index (χ0v) is 9.87. The lowest BCUT2D eigenvalue weighted by atomic mass is 9.89. The molecule has 0 spiro atoms. The number of nitrogens with zero attached hydrogens (tertiary/aromatic N) is 1. The Morgan fingerprint density at radius 1 is 1.33 bits per heavy atom. The summed E-state index contributed by atoms with van der Waals surface area (Å²) >= 11 is 0. The zero-order chi connectivity index (χ0) is 10.7. The van der Waals surface area contributed by atoms with Crippen molar-refractivity contribution in [3.8, 4) is 0 Å². The summed E-state index contributed by atoms with van der Waals surface area (Å²) in [6, 6.07) is 0.746. The lowest BCUT2D eigenvalue weighted by Gasteiger charge is -2.46. The molecular formula is C12H24N2O. The Kier molecular flexibility index (Phi) is 3.65. The maximum Gasteiger partial charge on any atom is 0.0662 e. The molecule has 15 heavy (non-hydrogen) atoms. The minimum Gasteiger partial charge on any atom is -0.379 e. The van der Waals surface area contributed by atoms with Gasteiger partial charge in [0.15, 0.2) is 0 Å². The first-order valence-electron chi connectivity index (χ1n) is 6.29. The number of hydrogen-bond acceptors (Lipinski definition) is 3. The van der Waals surface area contributed by atoms with E-state index in [2.05, 4.69) is 11.9 Å². The van der Waals surface area contributed by atoms with Crippen molar-refractivity contribution in [2.45, 2.75) is 50.1 Å². The molecule has 1 atom stereocenters. The van der Waals surface area contributed by atoms with Crippen LogP contribution in [-0.4, -0.2) is 43.3 Å². The Labute approximate surface area is 93.0 Å². The van der Waals surface area contributed by atoms with E-state index in [0.717, 1.165) is 32.2 Å². The molecule has 0 radical (unpaired) electrons. The van der Waals surface area contributed by atoms with E-state index in [4.69, 9.17) is 10.5 Å². The van der Waals surface area contributed by atoms with Crippen LogP contribution in [0.2, 0.25) is 0 Å². The van der Waals surface area contributed by atoms with E-state index >= 15 is 0 Å². The Hall–Kier alpha value is -0.120. The smallest absolute Gasteiger partial charge is 0.0662 e. The summed E-state index contributed by atoms with van der Waals surface area (Å²) in [5.41, 5.74) is 6.12. The van der Waals surface area contributed by atoms with Crippen molar-refractivity contribution in [1.82, 2.24) is 4.90 Å². The topological polar surface area (TPSA) is 38.5 Å². The van der Waals surface area contributed by atoms with Crippen LogP contribution in [0.3, 0.4) is 0 Å². The summed E-state index contributed by atoms with van der Waals surface area (Å²) in [7, 11) is 2.25. The predicted octanol–water partition coefficient (Wildman–Crippen LogP) is 1.37. The molecule has 2 N–H and O–H groups in total. The SMILES string of the molecule is CN(C1CCCC1)C1(CN)CCCOC1. The minimum absolute atomic E-state index is 0.132. The normalized spacial score (nSPS) is 33.8. The second-order valence-corrected chi connectivity index (χ2v) is 5.13. The van der Waals surface area contributed by atoms with Crippen LogP contribution in [0.5, 0.6) is 0 Å². The fourth-order valence-electron chi connectivity index (χ4n) is 3.10. The second-order valence-electron chi connectivity index (χ2n) is 5.13. The predicted molar refractivity (Wildman–Crippen MR) is 61.9 cm³/mol. The van der Waals surface area contributed by atoms with Gasteiger partial charge in [-0.15, -0.1) is 0 Å². The van der Waals surface area contributed by atoms with Crippen LogP contribution in [0, 0.1) is 0 Å². The van der Waals surface area contributed by atoms with Gasteiger partial charge in [0.05, 0.1) is 12.1 Å². The molecule has 0 bridgehead atoms. The number of hydrogen-bond donors (Lipinski definition) is 1. The summed E-state index contributed by atoms with van der Waals surface area (Å²) in [6.07, 6.45) is 7.83. The van der Waals surface area contributed by atoms with Crippen molar-refractivity contribution in [3.63, 3.8) is 0 Å². The molecule has 0 aromatic carbocycles. The molecule has 1 aliphatic carbocycles. The summed E-state index contributed by atoms with van der Waals surface area (Å²) in [4.78, 5) is 2.53. The highest BCUT2D eigenvalue weighted by Crippen LogP contribution is 2.32. The molecule has 1 aliphatic heterocycles. The van der Waals surface area contributed by atoms with E-state index in [1.165, 1.54) is 32.1 Å². The molecule has 1 heterocycles. The van der Waals surface area contributed by atoms with Crippen molar-refractivity contribution in [3.05, 3.63) is 0 Å². The number of likely N-dealkylation sites (N-methyl/N-ethyl adjacent to an activating group) is 1. The Morgan fingerprint density at radius 3 is 2.60 bits per heavy atom. The molecule has 1 saturated heterocycles. The zero-order valence-electron chi connectivity index (χ0n) is 9.87. The Balaban J connectivity index is 2.02. The molecule has 1 saturated carbocycles. The molecule has 0 aromatic rings. The van der Waals surface area contributed by atoms with Gasteiger partial charge in [-0.25, -0.2) is 0 Å². The summed E-state index contributed by atoms with van der Waals surface area (Å²) in [5.74, 6) is 0. The molecule has 2 aliphatic rings. The van der Waals surface area contributed by atoms with E-state index in [-0.39, 0.29) is 5.54 Å². The van der Waals surface area contributed by atoms with Gasteiger partial charge in [0.1, 0.15) is 0 Å². The maximum absolute atomic E-state index is 5.99. The van der Waals surface area contributed by atoms with Crippen molar-refractivity contribution in [1.29, 1.82) is 0 Å². The van der Waals surface area contributed by atoms with Gasteiger partial charge in [0, 0.05) is 19.2 Å². The van der Waals surface area contributed by atoms with Crippen LogP contribution >= 0.6 is 0 Å². The third kappa shape index (κ3) is 2.19. The number of nitrogens with two attached hydrogens (primary N) is 1. The van der Waals surface area contributed by atoms with Gasteiger partial charge < -0.3 is 10.5 Å². The van der Waals surface area contributed by atoms with Gasteiger partial charge in [0.2, 0.25) is 0 Å². The first kappa shape index (κ1) is 11.4. The molecular weight excluding hydrogens is 188 g/mol. The number of ether oxygens (including phenoxy) is 1. The van der Waals surface area contributed by atoms with Crippen LogP contribution < -0.4 is 5.73 Å². The average Bonchev–Trinajstić information content (AvgIpc) is 2.82. The van der Waals surface area contributed by atoms with Crippen molar-refractivity contribution in [2.75, 3.05) is 26.8 Å². The monoisotopic (exact) mass is 212 g/mol. The molecule has 0 aromatic heterocycles. The summed E-state index contributed by atoms with van der Waals surface area (Å²) < 4.78 is 5.64. The lowest BCUT2D eigenvalue weighted by Crippen LogP contribution is -2.59.